The van der Waals surface area contributed by atoms with Crippen molar-refractivity contribution in [2.45, 2.75) is 12.7 Å². The lowest BCUT2D eigenvalue weighted by molar-refractivity contribution is -0.137. The van der Waals surface area contributed by atoms with E-state index < -0.39 is 11.7 Å². The predicted octanol–water partition coefficient (Wildman–Crippen LogP) is 5.13. The minimum atomic E-state index is -4.38. The first-order valence-corrected chi connectivity index (χ1v) is 6.73. The van der Waals surface area contributed by atoms with Crippen LogP contribution in [0.2, 0.25) is 5.02 Å². The van der Waals surface area contributed by atoms with E-state index in [1.807, 2.05) is 0 Å². The SMILES string of the molecule is FC(F)(F)c1cc(Br)cc(NCc2ccncc2Cl)c1. The van der Waals surface area contributed by atoms with Crippen molar-refractivity contribution in [1.82, 2.24) is 4.98 Å². The van der Waals surface area contributed by atoms with E-state index in [-0.39, 0.29) is 0 Å². The summed E-state index contributed by atoms with van der Waals surface area (Å²) >= 11 is 9.00. The van der Waals surface area contributed by atoms with Crippen LogP contribution >= 0.6 is 27.5 Å². The number of hydrogen-bond acceptors (Lipinski definition) is 2. The number of nitrogens with zero attached hydrogens (tertiary/aromatic N) is 1. The molecule has 0 spiro atoms. The van der Waals surface area contributed by atoms with Gasteiger partial charge in [0.05, 0.1) is 10.6 Å². The van der Waals surface area contributed by atoms with Crippen molar-refractivity contribution in [2.75, 3.05) is 5.32 Å². The van der Waals surface area contributed by atoms with Gasteiger partial charge in [0.25, 0.3) is 0 Å². The van der Waals surface area contributed by atoms with Crippen LogP contribution in [0.15, 0.2) is 41.1 Å². The summed E-state index contributed by atoms with van der Waals surface area (Å²) in [6.45, 7) is 0.315. The fourth-order valence-corrected chi connectivity index (χ4v) is 2.28. The van der Waals surface area contributed by atoms with E-state index in [4.69, 9.17) is 11.6 Å². The van der Waals surface area contributed by atoms with Gasteiger partial charge in [-0.3, -0.25) is 4.98 Å². The van der Waals surface area contributed by atoms with Crippen LogP contribution in [0.25, 0.3) is 0 Å². The van der Waals surface area contributed by atoms with Gasteiger partial charge in [0.1, 0.15) is 0 Å². The monoisotopic (exact) mass is 364 g/mol. The Morgan fingerprint density at radius 2 is 2.00 bits per heavy atom. The van der Waals surface area contributed by atoms with Gasteiger partial charge in [-0.2, -0.15) is 13.2 Å². The molecule has 0 aliphatic carbocycles. The zero-order valence-electron chi connectivity index (χ0n) is 10.0. The number of hydrogen-bond donors (Lipinski definition) is 1. The number of benzene rings is 1. The zero-order chi connectivity index (χ0) is 14.8. The van der Waals surface area contributed by atoms with E-state index in [9.17, 15) is 13.2 Å². The lowest BCUT2D eigenvalue weighted by Gasteiger charge is -2.12. The van der Waals surface area contributed by atoms with E-state index in [0.29, 0.717) is 21.7 Å². The van der Waals surface area contributed by atoms with Crippen molar-refractivity contribution in [3.63, 3.8) is 0 Å². The molecule has 20 heavy (non-hydrogen) atoms. The van der Waals surface area contributed by atoms with Crippen molar-refractivity contribution in [2.24, 2.45) is 0 Å². The van der Waals surface area contributed by atoms with Gasteiger partial charge < -0.3 is 5.32 Å². The Morgan fingerprint density at radius 3 is 2.65 bits per heavy atom. The van der Waals surface area contributed by atoms with Crippen LogP contribution < -0.4 is 5.32 Å². The van der Waals surface area contributed by atoms with Crippen LogP contribution in [0.4, 0.5) is 18.9 Å². The second-order valence-corrected chi connectivity index (χ2v) is 5.37. The fraction of sp³-hybridized carbons (Fsp3) is 0.154. The Morgan fingerprint density at radius 1 is 1.25 bits per heavy atom. The average Bonchev–Trinajstić information content (AvgIpc) is 2.36. The Hall–Kier alpha value is -1.27. The van der Waals surface area contributed by atoms with Crippen molar-refractivity contribution in [1.29, 1.82) is 0 Å². The summed E-state index contributed by atoms with van der Waals surface area (Å²) < 4.78 is 38.4. The van der Waals surface area contributed by atoms with Crippen molar-refractivity contribution < 1.29 is 13.2 Å². The van der Waals surface area contributed by atoms with Gasteiger partial charge in [0.15, 0.2) is 0 Å². The highest BCUT2D eigenvalue weighted by atomic mass is 79.9. The summed E-state index contributed by atoms with van der Waals surface area (Å²) in [4.78, 5) is 3.84. The summed E-state index contributed by atoms with van der Waals surface area (Å²) in [5, 5.41) is 3.38. The largest absolute Gasteiger partial charge is 0.416 e. The summed E-state index contributed by atoms with van der Waals surface area (Å²) in [6, 6.07) is 5.37. The average molecular weight is 366 g/mol. The number of rotatable bonds is 3. The van der Waals surface area contributed by atoms with Gasteiger partial charge >= 0.3 is 6.18 Å². The van der Waals surface area contributed by atoms with Crippen LogP contribution in [-0.4, -0.2) is 4.98 Å². The molecular formula is C13H9BrClF3N2. The topological polar surface area (TPSA) is 24.9 Å². The molecule has 2 nitrogen and oxygen atoms in total. The standard InChI is InChI=1S/C13H9BrClF3N2/c14-10-3-9(13(16,17)18)4-11(5-10)20-6-8-1-2-19-7-12(8)15/h1-5,7,20H,6H2. The van der Waals surface area contributed by atoms with E-state index >= 15 is 0 Å². The van der Waals surface area contributed by atoms with E-state index in [1.54, 1.807) is 18.3 Å². The second-order valence-electron chi connectivity index (χ2n) is 4.05. The number of alkyl halides is 3. The number of halogens is 5. The lowest BCUT2D eigenvalue weighted by atomic mass is 10.2. The lowest BCUT2D eigenvalue weighted by Crippen LogP contribution is -2.07. The van der Waals surface area contributed by atoms with Gasteiger partial charge in [-0.1, -0.05) is 27.5 Å². The minimum absolute atomic E-state index is 0.315. The molecule has 7 heteroatoms. The van der Waals surface area contributed by atoms with Gasteiger partial charge in [-0.15, -0.1) is 0 Å². The van der Waals surface area contributed by atoms with Gasteiger partial charge in [-0.05, 0) is 29.8 Å². The first-order chi connectivity index (χ1) is 9.36. The summed E-state index contributed by atoms with van der Waals surface area (Å²) in [7, 11) is 0. The molecule has 106 valence electrons. The maximum atomic E-state index is 12.7. The van der Waals surface area contributed by atoms with Crippen molar-refractivity contribution in [3.05, 3.63) is 57.3 Å². The van der Waals surface area contributed by atoms with E-state index in [2.05, 4.69) is 26.2 Å². The Balaban J connectivity index is 2.18. The van der Waals surface area contributed by atoms with E-state index in [0.717, 1.165) is 17.7 Å². The maximum absolute atomic E-state index is 12.7. The highest BCUT2D eigenvalue weighted by Crippen LogP contribution is 2.33. The summed E-state index contributed by atoms with van der Waals surface area (Å²) in [6.07, 6.45) is -1.32. The smallest absolute Gasteiger partial charge is 0.381 e. The molecule has 2 aromatic rings. The second kappa shape index (κ2) is 6.01. The molecule has 1 aromatic heterocycles. The van der Waals surface area contributed by atoms with E-state index in [1.165, 1.54) is 6.20 Å². The molecule has 0 radical (unpaired) electrons. The van der Waals surface area contributed by atoms with Gasteiger partial charge in [0.2, 0.25) is 0 Å². The van der Waals surface area contributed by atoms with Crippen LogP contribution in [-0.2, 0) is 12.7 Å². The molecule has 1 N–H and O–H groups in total. The Kier molecular flexibility index (Phi) is 4.55. The first-order valence-electron chi connectivity index (χ1n) is 5.56. The number of aromatic nitrogens is 1. The van der Waals surface area contributed by atoms with Crippen LogP contribution in [0, 0.1) is 0 Å². The molecule has 2 rings (SSSR count). The molecular weight excluding hydrogens is 357 g/mol. The summed E-state index contributed by atoms with van der Waals surface area (Å²) in [5.74, 6) is 0. The molecule has 0 saturated carbocycles. The number of pyridine rings is 1. The molecule has 0 aliphatic rings. The molecule has 0 atom stereocenters. The molecule has 0 bridgehead atoms. The third kappa shape index (κ3) is 3.86. The molecule has 0 saturated heterocycles. The Bertz CT molecular complexity index is 617. The summed E-state index contributed by atoms with van der Waals surface area (Å²) in [5.41, 5.74) is 0.407. The third-order valence-corrected chi connectivity index (χ3v) is 3.36. The molecule has 1 aromatic carbocycles. The fourth-order valence-electron chi connectivity index (χ4n) is 1.60. The zero-order valence-corrected chi connectivity index (χ0v) is 12.4. The van der Waals surface area contributed by atoms with Crippen LogP contribution in [0.5, 0.6) is 0 Å². The first kappa shape index (κ1) is 15.1. The van der Waals surface area contributed by atoms with Crippen LogP contribution in [0.1, 0.15) is 11.1 Å². The number of anilines is 1. The third-order valence-electron chi connectivity index (χ3n) is 2.56. The minimum Gasteiger partial charge on any atom is -0.381 e. The molecule has 0 aliphatic heterocycles. The highest BCUT2D eigenvalue weighted by molar-refractivity contribution is 9.10. The number of nitrogens with one attached hydrogen (secondary N) is 1. The normalized spacial score (nSPS) is 11.4. The quantitative estimate of drug-likeness (QED) is 0.816. The van der Waals surface area contributed by atoms with Gasteiger partial charge in [0, 0.05) is 29.1 Å². The maximum Gasteiger partial charge on any atom is 0.416 e. The molecule has 0 fully saturated rings. The highest BCUT2D eigenvalue weighted by Gasteiger charge is 2.31. The van der Waals surface area contributed by atoms with Crippen LogP contribution in [0.3, 0.4) is 0 Å². The predicted molar refractivity (Wildman–Crippen MR) is 75.7 cm³/mol. The molecule has 1 heterocycles. The molecule has 0 amide bonds. The van der Waals surface area contributed by atoms with Crippen molar-refractivity contribution >= 4 is 33.2 Å². The molecule has 0 unspecified atom stereocenters. The van der Waals surface area contributed by atoms with Gasteiger partial charge in [-0.25, -0.2) is 0 Å². The van der Waals surface area contributed by atoms with Crippen molar-refractivity contribution in [3.8, 4) is 0 Å². The Labute approximate surface area is 127 Å².